The maximum atomic E-state index is 6.18. The lowest BCUT2D eigenvalue weighted by Crippen LogP contribution is -2.41. The zero-order valence-corrected chi connectivity index (χ0v) is 16.9. The fourth-order valence-corrected chi connectivity index (χ4v) is 3.13. The Morgan fingerprint density at radius 1 is 0.714 bits per heavy atom. The summed E-state index contributed by atoms with van der Waals surface area (Å²) >= 11 is 0. The Hall–Kier alpha value is -2.57. The first kappa shape index (κ1) is 18.8. The summed E-state index contributed by atoms with van der Waals surface area (Å²) in [6.45, 7) is 10.1. The summed E-state index contributed by atoms with van der Waals surface area (Å²) in [7, 11) is -0.415. The second kappa shape index (κ2) is 6.80. The van der Waals surface area contributed by atoms with Crippen molar-refractivity contribution in [3.05, 3.63) is 60.4 Å². The van der Waals surface area contributed by atoms with Crippen LogP contribution in [0.5, 0.6) is 0 Å². The molecule has 1 aliphatic rings. The van der Waals surface area contributed by atoms with Crippen molar-refractivity contribution in [1.82, 2.24) is 15.0 Å². The van der Waals surface area contributed by atoms with Gasteiger partial charge in [-0.05, 0) is 40.1 Å². The fraction of sp³-hybridized carbons (Fsp3) is 0.318. The lowest BCUT2D eigenvalue weighted by molar-refractivity contribution is 0.00578. The van der Waals surface area contributed by atoms with Gasteiger partial charge in [0, 0.05) is 11.1 Å². The van der Waals surface area contributed by atoms with Gasteiger partial charge in [0.2, 0.25) is 0 Å². The van der Waals surface area contributed by atoms with Crippen LogP contribution in [0.15, 0.2) is 54.6 Å². The van der Waals surface area contributed by atoms with Crippen molar-refractivity contribution < 1.29 is 9.31 Å². The molecule has 0 spiro atoms. The molecule has 0 radical (unpaired) electrons. The van der Waals surface area contributed by atoms with Crippen LogP contribution >= 0.6 is 0 Å². The van der Waals surface area contributed by atoms with Crippen molar-refractivity contribution >= 4 is 12.6 Å². The Morgan fingerprint density at radius 2 is 1.29 bits per heavy atom. The first-order valence-electron chi connectivity index (χ1n) is 9.49. The number of benzene rings is 2. The Morgan fingerprint density at radius 3 is 1.93 bits per heavy atom. The quantitative estimate of drug-likeness (QED) is 0.654. The van der Waals surface area contributed by atoms with Gasteiger partial charge in [0.15, 0.2) is 11.6 Å². The molecule has 1 saturated heterocycles. The van der Waals surface area contributed by atoms with Crippen LogP contribution in [-0.2, 0) is 9.31 Å². The standard InChI is InChI=1S/C22H24BN3O2/c1-15-24-19(16-10-7-6-8-11-16)26-20(25-15)17-12-9-13-18(14-17)23-27-21(2,3)22(4,5)28-23/h6-14H,1-5H3. The maximum absolute atomic E-state index is 6.18. The van der Waals surface area contributed by atoms with Gasteiger partial charge in [-0.15, -0.1) is 0 Å². The normalized spacial score (nSPS) is 17.7. The van der Waals surface area contributed by atoms with Crippen LogP contribution in [0.4, 0.5) is 0 Å². The zero-order valence-electron chi connectivity index (χ0n) is 16.9. The Kier molecular flexibility index (Phi) is 4.56. The van der Waals surface area contributed by atoms with Gasteiger partial charge in [-0.2, -0.15) is 0 Å². The summed E-state index contributed by atoms with van der Waals surface area (Å²) in [4.78, 5) is 13.7. The minimum absolute atomic E-state index is 0.377. The van der Waals surface area contributed by atoms with E-state index in [0.29, 0.717) is 17.5 Å². The Labute approximate surface area is 166 Å². The van der Waals surface area contributed by atoms with Crippen molar-refractivity contribution in [3.63, 3.8) is 0 Å². The predicted molar refractivity (Wildman–Crippen MR) is 111 cm³/mol. The van der Waals surface area contributed by atoms with Crippen LogP contribution in [0.25, 0.3) is 22.8 Å². The summed E-state index contributed by atoms with van der Waals surface area (Å²) in [6, 6.07) is 18.0. The molecule has 2 aromatic carbocycles. The van der Waals surface area contributed by atoms with Gasteiger partial charge < -0.3 is 9.31 Å². The number of hydrogen-bond donors (Lipinski definition) is 0. The molecule has 0 bridgehead atoms. The van der Waals surface area contributed by atoms with Gasteiger partial charge in [-0.25, -0.2) is 15.0 Å². The van der Waals surface area contributed by atoms with Crippen LogP contribution in [0.3, 0.4) is 0 Å². The van der Waals surface area contributed by atoms with E-state index in [1.807, 2.05) is 61.5 Å². The van der Waals surface area contributed by atoms with E-state index < -0.39 is 7.12 Å². The largest absolute Gasteiger partial charge is 0.494 e. The van der Waals surface area contributed by atoms with Crippen LogP contribution in [0.2, 0.25) is 0 Å². The first-order chi connectivity index (χ1) is 13.2. The highest BCUT2D eigenvalue weighted by Crippen LogP contribution is 2.36. The third kappa shape index (κ3) is 3.45. The molecule has 0 amide bonds. The highest BCUT2D eigenvalue weighted by molar-refractivity contribution is 6.62. The third-order valence-electron chi connectivity index (χ3n) is 5.45. The Bertz CT molecular complexity index is 990. The summed E-state index contributed by atoms with van der Waals surface area (Å²) in [6.07, 6.45) is 0. The lowest BCUT2D eigenvalue weighted by atomic mass is 9.78. The molecule has 6 heteroatoms. The number of rotatable bonds is 3. The van der Waals surface area contributed by atoms with Crippen LogP contribution < -0.4 is 5.46 Å². The average Bonchev–Trinajstić information content (AvgIpc) is 2.89. The number of aromatic nitrogens is 3. The molecule has 5 nitrogen and oxygen atoms in total. The second-order valence-electron chi connectivity index (χ2n) is 8.11. The van der Waals surface area contributed by atoms with E-state index in [1.54, 1.807) is 0 Å². The average molecular weight is 373 g/mol. The summed E-state index contributed by atoms with van der Waals surface area (Å²) in [5.74, 6) is 2.00. The van der Waals surface area contributed by atoms with Crippen LogP contribution in [0, 0.1) is 6.92 Å². The Balaban J connectivity index is 1.70. The fourth-order valence-electron chi connectivity index (χ4n) is 3.13. The number of hydrogen-bond acceptors (Lipinski definition) is 5. The molecule has 4 rings (SSSR count). The van der Waals surface area contributed by atoms with Gasteiger partial charge in [-0.1, -0.05) is 54.6 Å². The molecule has 1 aromatic heterocycles. The summed E-state index contributed by atoms with van der Waals surface area (Å²) in [5, 5.41) is 0. The van der Waals surface area contributed by atoms with E-state index in [1.165, 1.54) is 0 Å². The van der Waals surface area contributed by atoms with Crippen molar-refractivity contribution in [1.29, 1.82) is 0 Å². The van der Waals surface area contributed by atoms with E-state index in [-0.39, 0.29) is 11.2 Å². The second-order valence-corrected chi connectivity index (χ2v) is 8.11. The van der Waals surface area contributed by atoms with Gasteiger partial charge in [0.25, 0.3) is 0 Å². The molecular formula is C22H24BN3O2. The van der Waals surface area contributed by atoms with Gasteiger partial charge >= 0.3 is 7.12 Å². The van der Waals surface area contributed by atoms with Gasteiger partial charge in [0.05, 0.1) is 11.2 Å². The zero-order chi connectivity index (χ0) is 19.9. The first-order valence-corrected chi connectivity index (χ1v) is 9.49. The van der Waals surface area contributed by atoms with Gasteiger partial charge in [-0.3, -0.25) is 0 Å². The molecule has 0 unspecified atom stereocenters. The lowest BCUT2D eigenvalue weighted by Gasteiger charge is -2.32. The monoisotopic (exact) mass is 373 g/mol. The van der Waals surface area contributed by atoms with E-state index >= 15 is 0 Å². The van der Waals surface area contributed by atoms with Gasteiger partial charge in [0.1, 0.15) is 5.82 Å². The van der Waals surface area contributed by atoms with Crippen molar-refractivity contribution in [2.24, 2.45) is 0 Å². The minimum atomic E-state index is -0.415. The highest BCUT2D eigenvalue weighted by atomic mass is 16.7. The molecule has 0 atom stereocenters. The minimum Gasteiger partial charge on any atom is -0.399 e. The highest BCUT2D eigenvalue weighted by Gasteiger charge is 2.51. The maximum Gasteiger partial charge on any atom is 0.494 e. The smallest absolute Gasteiger partial charge is 0.399 e. The van der Waals surface area contributed by atoms with E-state index in [4.69, 9.17) is 14.3 Å². The molecular weight excluding hydrogens is 349 g/mol. The van der Waals surface area contributed by atoms with Crippen molar-refractivity contribution in [2.75, 3.05) is 0 Å². The summed E-state index contributed by atoms with van der Waals surface area (Å²) < 4.78 is 12.4. The SMILES string of the molecule is Cc1nc(-c2ccccc2)nc(-c2cccc(B3OC(C)(C)C(C)(C)O3)c2)n1. The molecule has 1 aliphatic heterocycles. The number of nitrogens with zero attached hydrogens (tertiary/aromatic N) is 3. The third-order valence-corrected chi connectivity index (χ3v) is 5.45. The van der Waals surface area contributed by atoms with Crippen LogP contribution in [0.1, 0.15) is 33.5 Å². The molecule has 0 saturated carbocycles. The summed E-state index contributed by atoms with van der Waals surface area (Å²) in [5.41, 5.74) is 2.08. The van der Waals surface area contributed by atoms with Crippen molar-refractivity contribution in [3.8, 4) is 22.8 Å². The van der Waals surface area contributed by atoms with Crippen LogP contribution in [-0.4, -0.2) is 33.3 Å². The predicted octanol–water partition coefficient (Wildman–Crippen LogP) is 3.81. The molecule has 1 fully saturated rings. The molecule has 28 heavy (non-hydrogen) atoms. The molecule has 142 valence electrons. The van der Waals surface area contributed by atoms with Crippen molar-refractivity contribution in [2.45, 2.75) is 45.8 Å². The molecule has 0 N–H and O–H groups in total. The molecule has 2 heterocycles. The van der Waals surface area contributed by atoms with E-state index in [0.717, 1.165) is 16.6 Å². The molecule has 0 aliphatic carbocycles. The number of aryl methyl sites for hydroxylation is 1. The van der Waals surface area contributed by atoms with E-state index in [9.17, 15) is 0 Å². The topological polar surface area (TPSA) is 57.1 Å². The van der Waals surface area contributed by atoms with E-state index in [2.05, 4.69) is 37.7 Å². The molecule has 3 aromatic rings.